The Bertz CT molecular complexity index is 636. The van der Waals surface area contributed by atoms with E-state index < -0.39 is 0 Å². The number of thiophene rings is 1. The number of nitrogens with two attached hydrogens (primary N) is 1. The molecule has 2 heterocycles. The van der Waals surface area contributed by atoms with E-state index in [0.29, 0.717) is 12.5 Å². The number of thioether (sulfide) groups is 1. The normalized spacial score (nSPS) is 11.9. The summed E-state index contributed by atoms with van der Waals surface area (Å²) in [7, 11) is 0. The first-order chi connectivity index (χ1) is 10.9. The van der Waals surface area contributed by atoms with Crippen molar-refractivity contribution in [3.8, 4) is 0 Å². The Kier molecular flexibility index (Phi) is 9.07. The highest BCUT2D eigenvalue weighted by atomic mass is 127. The Hall–Kier alpha value is -0.800. The largest absolute Gasteiger partial charge is 0.370 e. The molecule has 0 amide bonds. The topological polar surface area (TPSA) is 63.3 Å². The number of hydrogen-bond donors (Lipinski definition) is 2. The van der Waals surface area contributed by atoms with Gasteiger partial charge in [-0.2, -0.15) is 0 Å². The highest BCUT2D eigenvalue weighted by Gasteiger charge is 2.13. The second kappa shape index (κ2) is 10.2. The maximum Gasteiger partial charge on any atom is 0.188 e. The highest BCUT2D eigenvalue weighted by Crippen LogP contribution is 2.30. The minimum absolute atomic E-state index is 0. The first-order valence-electron chi connectivity index (χ1n) is 7.62. The zero-order valence-corrected chi connectivity index (χ0v) is 18.2. The van der Waals surface area contributed by atoms with E-state index in [2.05, 4.69) is 59.6 Å². The summed E-state index contributed by atoms with van der Waals surface area (Å²) in [5.41, 5.74) is 7.04. The zero-order valence-electron chi connectivity index (χ0n) is 14.3. The molecule has 0 bridgehead atoms. The van der Waals surface area contributed by atoms with Gasteiger partial charge in [-0.3, -0.25) is 0 Å². The molecule has 0 atom stereocenters. The number of aliphatic imine (C=N–C) groups is 1. The van der Waals surface area contributed by atoms with Gasteiger partial charge in [0.2, 0.25) is 0 Å². The fourth-order valence-corrected chi connectivity index (χ4v) is 3.58. The maximum absolute atomic E-state index is 5.92. The third-order valence-electron chi connectivity index (χ3n) is 2.90. The highest BCUT2D eigenvalue weighted by molar-refractivity contribution is 14.0. The van der Waals surface area contributed by atoms with Crippen molar-refractivity contribution in [2.24, 2.45) is 10.7 Å². The van der Waals surface area contributed by atoms with Gasteiger partial charge in [-0.25, -0.2) is 9.98 Å². The summed E-state index contributed by atoms with van der Waals surface area (Å²) >= 11 is 3.52. The summed E-state index contributed by atoms with van der Waals surface area (Å²) in [6.45, 7) is 7.91. The van der Waals surface area contributed by atoms with Gasteiger partial charge in [-0.15, -0.1) is 47.1 Å². The lowest BCUT2D eigenvalue weighted by molar-refractivity contribution is 0.798. The average Bonchev–Trinajstić information content (AvgIpc) is 2.97. The SMILES string of the molecule is CC(C)(C)Sc1cc(CN=C(N)NCCc2cccs2)ccn1.I. The lowest BCUT2D eigenvalue weighted by atomic mass is 10.3. The van der Waals surface area contributed by atoms with Gasteiger partial charge in [0.1, 0.15) is 0 Å². The van der Waals surface area contributed by atoms with E-state index in [1.807, 2.05) is 12.3 Å². The predicted molar refractivity (Wildman–Crippen MR) is 117 cm³/mol. The molecule has 0 fully saturated rings. The standard InChI is InChI=1S/C17H24N4S2.HI/c1-17(2,3)23-15-11-13(6-8-19-15)12-21-16(18)20-9-7-14-5-4-10-22-14;/h4-6,8,10-11H,7,9,12H2,1-3H3,(H3,18,20,21);1H. The van der Waals surface area contributed by atoms with Gasteiger partial charge in [0.25, 0.3) is 0 Å². The first kappa shape index (κ1) is 21.2. The van der Waals surface area contributed by atoms with Crippen LogP contribution in [0.4, 0.5) is 0 Å². The van der Waals surface area contributed by atoms with Gasteiger partial charge < -0.3 is 11.1 Å². The molecule has 3 N–H and O–H groups in total. The van der Waals surface area contributed by atoms with Crippen LogP contribution in [0.5, 0.6) is 0 Å². The molecule has 0 saturated heterocycles. The second-order valence-corrected chi connectivity index (χ2v) is 9.05. The van der Waals surface area contributed by atoms with Gasteiger partial charge >= 0.3 is 0 Å². The van der Waals surface area contributed by atoms with Crippen LogP contribution in [0.2, 0.25) is 0 Å². The van der Waals surface area contributed by atoms with E-state index in [1.54, 1.807) is 23.1 Å². The van der Waals surface area contributed by atoms with Crippen LogP contribution >= 0.6 is 47.1 Å². The molecule has 0 saturated carbocycles. The molecule has 2 aromatic heterocycles. The number of nitrogens with zero attached hydrogens (tertiary/aromatic N) is 2. The van der Waals surface area contributed by atoms with E-state index in [4.69, 9.17) is 5.73 Å². The third kappa shape index (κ3) is 8.34. The zero-order chi connectivity index (χ0) is 16.7. The Morgan fingerprint density at radius 2 is 2.17 bits per heavy atom. The quantitative estimate of drug-likeness (QED) is 0.283. The van der Waals surface area contributed by atoms with Gasteiger partial charge in [-0.1, -0.05) is 26.8 Å². The van der Waals surface area contributed by atoms with Crippen LogP contribution in [0.3, 0.4) is 0 Å². The summed E-state index contributed by atoms with van der Waals surface area (Å²) in [6.07, 6.45) is 2.80. The number of guanidine groups is 1. The summed E-state index contributed by atoms with van der Waals surface area (Å²) in [6, 6.07) is 8.26. The van der Waals surface area contributed by atoms with E-state index >= 15 is 0 Å². The summed E-state index contributed by atoms with van der Waals surface area (Å²) in [4.78, 5) is 10.1. The van der Waals surface area contributed by atoms with Gasteiger partial charge in [-0.05, 0) is 35.6 Å². The van der Waals surface area contributed by atoms with Crippen molar-refractivity contribution in [1.29, 1.82) is 0 Å². The molecule has 0 aliphatic heterocycles. The number of hydrogen-bond acceptors (Lipinski definition) is 4. The molecule has 2 aromatic rings. The number of aromatic nitrogens is 1. The lowest BCUT2D eigenvalue weighted by Gasteiger charge is -2.16. The van der Waals surface area contributed by atoms with E-state index in [-0.39, 0.29) is 28.7 Å². The van der Waals surface area contributed by atoms with Crippen LogP contribution in [-0.2, 0) is 13.0 Å². The minimum Gasteiger partial charge on any atom is -0.370 e. The molecule has 2 rings (SSSR count). The van der Waals surface area contributed by atoms with Crippen molar-refractivity contribution in [3.05, 3.63) is 46.3 Å². The fraction of sp³-hybridized carbons (Fsp3) is 0.412. The van der Waals surface area contributed by atoms with Crippen molar-refractivity contribution in [2.75, 3.05) is 6.54 Å². The van der Waals surface area contributed by atoms with E-state index in [9.17, 15) is 0 Å². The monoisotopic (exact) mass is 476 g/mol. The molecule has 0 aromatic carbocycles. The molecule has 24 heavy (non-hydrogen) atoms. The van der Waals surface area contributed by atoms with E-state index in [0.717, 1.165) is 23.6 Å². The number of halogens is 1. The molecule has 4 nitrogen and oxygen atoms in total. The molecular formula is C17H25IN4S2. The van der Waals surface area contributed by atoms with Crippen LogP contribution in [-0.4, -0.2) is 22.2 Å². The number of rotatable bonds is 6. The number of nitrogens with one attached hydrogen (secondary N) is 1. The van der Waals surface area contributed by atoms with Crippen molar-refractivity contribution >= 4 is 53.0 Å². The molecule has 0 aliphatic carbocycles. The van der Waals surface area contributed by atoms with Gasteiger partial charge in [0.15, 0.2) is 5.96 Å². The smallest absolute Gasteiger partial charge is 0.188 e. The van der Waals surface area contributed by atoms with Gasteiger partial charge in [0.05, 0.1) is 11.6 Å². The Morgan fingerprint density at radius 1 is 1.38 bits per heavy atom. The Balaban J connectivity index is 0.00000288. The van der Waals surface area contributed by atoms with Gasteiger partial charge in [0, 0.05) is 22.4 Å². The van der Waals surface area contributed by atoms with E-state index in [1.165, 1.54) is 4.88 Å². The molecule has 7 heteroatoms. The average molecular weight is 476 g/mol. The van der Waals surface area contributed by atoms with Crippen LogP contribution in [0, 0.1) is 0 Å². The van der Waals surface area contributed by atoms with Crippen molar-refractivity contribution < 1.29 is 0 Å². The third-order valence-corrected chi connectivity index (χ3v) is 4.88. The second-order valence-electron chi connectivity index (χ2n) is 6.17. The van der Waals surface area contributed by atoms with Crippen LogP contribution < -0.4 is 11.1 Å². The molecule has 0 spiro atoms. The van der Waals surface area contributed by atoms with Crippen LogP contribution in [0.1, 0.15) is 31.2 Å². The maximum atomic E-state index is 5.92. The Morgan fingerprint density at radius 3 is 2.83 bits per heavy atom. The molecule has 0 aliphatic rings. The van der Waals surface area contributed by atoms with Crippen LogP contribution in [0.15, 0.2) is 45.9 Å². The molecule has 0 unspecified atom stereocenters. The first-order valence-corrected chi connectivity index (χ1v) is 9.32. The van der Waals surface area contributed by atoms with Crippen molar-refractivity contribution in [3.63, 3.8) is 0 Å². The van der Waals surface area contributed by atoms with Crippen molar-refractivity contribution in [2.45, 2.75) is 43.5 Å². The minimum atomic E-state index is 0. The Labute approximate surface area is 169 Å². The lowest BCUT2D eigenvalue weighted by Crippen LogP contribution is -2.33. The summed E-state index contributed by atoms with van der Waals surface area (Å²) in [5, 5.41) is 6.27. The fourth-order valence-electron chi connectivity index (χ4n) is 1.92. The van der Waals surface area contributed by atoms with Crippen LogP contribution in [0.25, 0.3) is 0 Å². The van der Waals surface area contributed by atoms with Crippen molar-refractivity contribution in [1.82, 2.24) is 10.3 Å². The molecular weight excluding hydrogens is 451 g/mol. The summed E-state index contributed by atoms with van der Waals surface area (Å²) in [5.74, 6) is 0.489. The molecule has 0 radical (unpaired) electrons. The summed E-state index contributed by atoms with van der Waals surface area (Å²) < 4.78 is 0.150. The predicted octanol–water partition coefficient (Wildman–Crippen LogP) is 4.30. The molecule has 132 valence electrons. The number of pyridine rings is 1.